The molecule has 0 N–H and O–H groups in total. The summed E-state index contributed by atoms with van der Waals surface area (Å²) in [6, 6.07) is 1.07. The van der Waals surface area contributed by atoms with Gasteiger partial charge in [-0.05, 0) is 92.7 Å². The number of nitrogens with zero attached hydrogens (tertiary/aromatic N) is 1. The van der Waals surface area contributed by atoms with Crippen molar-refractivity contribution in [3.8, 4) is 5.75 Å². The molecule has 1 heterocycles. The second-order valence-electron chi connectivity index (χ2n) is 11.9. The topological polar surface area (TPSA) is 55.8 Å². The Hall–Kier alpha value is -2.58. The molecule has 37 heavy (non-hydrogen) atoms. The van der Waals surface area contributed by atoms with Crippen molar-refractivity contribution >= 4 is 11.9 Å². The molecule has 0 radical (unpaired) electrons. The highest BCUT2D eigenvalue weighted by Crippen LogP contribution is 2.60. The van der Waals surface area contributed by atoms with Gasteiger partial charge in [0.1, 0.15) is 17.6 Å². The molecular formula is C28H31F4NO4. The number of benzene rings is 1. The first-order valence-corrected chi connectivity index (χ1v) is 13.2. The molecule has 0 unspecified atom stereocenters. The maximum Gasteiger partial charge on any atom is 0.414 e. The highest BCUT2D eigenvalue weighted by molar-refractivity contribution is 5.98. The molecule has 200 valence electrons. The molecule has 4 bridgehead atoms. The van der Waals surface area contributed by atoms with Gasteiger partial charge in [-0.15, -0.1) is 0 Å². The summed E-state index contributed by atoms with van der Waals surface area (Å²) in [5.74, 6) is -0.0266. The van der Waals surface area contributed by atoms with Crippen LogP contribution in [0.2, 0.25) is 0 Å². The molecule has 5 saturated carbocycles. The summed E-state index contributed by atoms with van der Waals surface area (Å²) in [6.45, 7) is -0.317. The number of alkyl halides is 3. The van der Waals surface area contributed by atoms with Gasteiger partial charge in [-0.3, -0.25) is 4.79 Å². The summed E-state index contributed by atoms with van der Waals surface area (Å²) in [4.78, 5) is 26.2. The van der Waals surface area contributed by atoms with Gasteiger partial charge in [0.2, 0.25) is 0 Å². The van der Waals surface area contributed by atoms with Crippen LogP contribution in [0, 0.1) is 29.0 Å². The van der Waals surface area contributed by atoms with E-state index in [9.17, 15) is 22.8 Å². The lowest BCUT2D eigenvalue weighted by atomic mass is 9.50. The second kappa shape index (κ2) is 8.73. The lowest BCUT2D eigenvalue weighted by Gasteiger charge is -2.56. The van der Waals surface area contributed by atoms with Crippen molar-refractivity contribution in [2.45, 2.75) is 69.5 Å². The minimum absolute atomic E-state index is 0.123. The smallest absolute Gasteiger partial charge is 0.414 e. The van der Waals surface area contributed by atoms with Crippen molar-refractivity contribution in [2.75, 3.05) is 20.3 Å². The minimum Gasteiger partial charge on any atom is -0.493 e. The van der Waals surface area contributed by atoms with E-state index in [1.54, 1.807) is 0 Å². The Bertz CT molecular complexity index is 1120. The number of rotatable bonds is 6. The molecular weight excluding hydrogens is 490 g/mol. The number of carbonyl (C=O) groups excluding carboxylic acids is 2. The Kier molecular flexibility index (Phi) is 5.84. The lowest BCUT2D eigenvalue weighted by molar-refractivity contribution is -0.143. The minimum atomic E-state index is -4.71. The first-order valence-electron chi connectivity index (χ1n) is 13.2. The fraction of sp³-hybridized carbons (Fsp3) is 0.643. The Morgan fingerprint density at radius 3 is 2.22 bits per heavy atom. The van der Waals surface area contributed by atoms with Crippen LogP contribution in [0.15, 0.2) is 23.8 Å². The zero-order chi connectivity index (χ0) is 26.1. The lowest BCUT2D eigenvalue weighted by Crippen LogP contribution is -2.48. The molecule has 9 heteroatoms. The van der Waals surface area contributed by atoms with Crippen LogP contribution in [0.3, 0.4) is 0 Å². The fourth-order valence-corrected chi connectivity index (χ4v) is 7.74. The Morgan fingerprint density at radius 1 is 1.05 bits per heavy atom. The molecule has 5 nitrogen and oxygen atoms in total. The Morgan fingerprint density at radius 2 is 1.68 bits per heavy atom. The van der Waals surface area contributed by atoms with Gasteiger partial charge >= 0.3 is 12.1 Å². The van der Waals surface area contributed by atoms with Gasteiger partial charge in [0.05, 0.1) is 31.4 Å². The molecule has 0 spiro atoms. The quantitative estimate of drug-likeness (QED) is 0.270. The molecule has 1 atom stereocenters. The van der Waals surface area contributed by atoms with E-state index >= 15 is 4.39 Å². The Labute approximate surface area is 213 Å². The number of carbonyl (C=O) groups is 2. The van der Waals surface area contributed by atoms with Crippen LogP contribution in [0.1, 0.15) is 73.2 Å². The summed E-state index contributed by atoms with van der Waals surface area (Å²) in [5.41, 5.74) is -0.541. The van der Waals surface area contributed by atoms with Crippen LogP contribution in [-0.2, 0) is 9.53 Å². The highest BCUT2D eigenvalue weighted by atomic mass is 19.4. The number of ether oxygens (including phenoxy) is 2. The number of halogens is 4. The largest absolute Gasteiger partial charge is 0.493 e. The summed E-state index contributed by atoms with van der Waals surface area (Å²) >= 11 is 0. The zero-order valence-electron chi connectivity index (χ0n) is 20.8. The van der Waals surface area contributed by atoms with E-state index in [0.29, 0.717) is 24.0 Å². The molecule has 5 fully saturated rings. The van der Waals surface area contributed by atoms with Crippen molar-refractivity contribution in [2.24, 2.45) is 23.2 Å². The molecule has 7 rings (SSSR count). The van der Waals surface area contributed by atoms with Gasteiger partial charge in [0.25, 0.3) is 5.91 Å². The van der Waals surface area contributed by atoms with Crippen molar-refractivity contribution in [3.05, 3.63) is 40.7 Å². The number of amides is 1. The van der Waals surface area contributed by atoms with Gasteiger partial charge < -0.3 is 14.4 Å². The highest BCUT2D eigenvalue weighted by Gasteiger charge is 2.51. The summed E-state index contributed by atoms with van der Waals surface area (Å²) in [5, 5.41) is 0. The number of methoxy groups -OCH3 is 1. The number of esters is 1. The average molecular weight is 522 g/mol. The maximum absolute atomic E-state index is 15.4. The molecule has 5 aliphatic carbocycles. The average Bonchev–Trinajstić information content (AvgIpc) is 3.57. The zero-order valence-corrected chi connectivity index (χ0v) is 20.8. The maximum atomic E-state index is 15.4. The van der Waals surface area contributed by atoms with Crippen LogP contribution in [0.4, 0.5) is 17.6 Å². The third-order valence-corrected chi connectivity index (χ3v) is 9.15. The predicted octanol–water partition coefficient (Wildman–Crippen LogP) is 5.78. The van der Waals surface area contributed by atoms with E-state index in [1.807, 2.05) is 0 Å². The third-order valence-electron chi connectivity index (χ3n) is 9.15. The molecule has 6 aliphatic rings. The van der Waals surface area contributed by atoms with E-state index in [-0.39, 0.29) is 16.9 Å². The molecule has 1 aromatic rings. The van der Waals surface area contributed by atoms with E-state index in [2.05, 4.69) is 4.74 Å². The fourth-order valence-electron chi connectivity index (χ4n) is 7.74. The number of hydrogen-bond donors (Lipinski definition) is 0. The summed E-state index contributed by atoms with van der Waals surface area (Å²) < 4.78 is 66.3. The first kappa shape index (κ1) is 24.7. The standard InChI is InChI=1S/C28H31F4NO4/c1-36-26(35)23-7-19(28(30,31)32)13-33(23)25(34)21-8-20(18-2-3-18)24(9-22(21)29)37-14-27-10-15-4-16(11-27)6-17(5-15)12-27/h7-9,15-18,23H,2-6,10-14H2,1H3/t15?,16?,17?,23-,27?/m0/s1. The van der Waals surface area contributed by atoms with E-state index < -0.39 is 42.0 Å². The van der Waals surface area contributed by atoms with E-state index in [1.165, 1.54) is 31.4 Å². The van der Waals surface area contributed by atoms with E-state index in [4.69, 9.17) is 4.74 Å². The first-order chi connectivity index (χ1) is 17.5. The summed E-state index contributed by atoms with van der Waals surface area (Å²) in [7, 11) is 1.03. The molecule has 0 aromatic heterocycles. The molecule has 1 aromatic carbocycles. The van der Waals surface area contributed by atoms with Crippen LogP contribution < -0.4 is 4.74 Å². The van der Waals surface area contributed by atoms with Crippen molar-refractivity contribution in [1.29, 1.82) is 0 Å². The van der Waals surface area contributed by atoms with Gasteiger partial charge in [-0.25, -0.2) is 9.18 Å². The van der Waals surface area contributed by atoms with Crippen molar-refractivity contribution < 1.29 is 36.6 Å². The normalized spacial score (nSPS) is 32.5. The Balaban J connectivity index is 1.25. The van der Waals surface area contributed by atoms with Gasteiger partial charge in [0, 0.05) is 11.5 Å². The van der Waals surface area contributed by atoms with Crippen LogP contribution >= 0.6 is 0 Å². The molecule has 1 aliphatic heterocycles. The third kappa shape index (κ3) is 4.52. The molecule has 1 amide bonds. The molecule has 0 saturated heterocycles. The SMILES string of the molecule is COC(=O)[C@@H]1C=C(C(F)(F)F)CN1C(=O)c1cc(C2CC2)c(OCC23CC4CC(CC(C4)C2)C3)cc1F. The van der Waals surface area contributed by atoms with E-state index in [0.717, 1.165) is 61.9 Å². The summed E-state index contributed by atoms with van der Waals surface area (Å²) in [6.07, 6.45) is 5.09. The van der Waals surface area contributed by atoms with Crippen molar-refractivity contribution in [1.82, 2.24) is 4.90 Å². The monoisotopic (exact) mass is 521 g/mol. The van der Waals surface area contributed by atoms with Gasteiger partial charge in [0.15, 0.2) is 0 Å². The predicted molar refractivity (Wildman–Crippen MR) is 125 cm³/mol. The van der Waals surface area contributed by atoms with Gasteiger partial charge in [-0.2, -0.15) is 13.2 Å². The van der Waals surface area contributed by atoms with Crippen LogP contribution in [-0.4, -0.2) is 49.3 Å². The van der Waals surface area contributed by atoms with Crippen LogP contribution in [0.5, 0.6) is 5.75 Å². The second-order valence-corrected chi connectivity index (χ2v) is 11.9. The van der Waals surface area contributed by atoms with Crippen LogP contribution in [0.25, 0.3) is 0 Å². The van der Waals surface area contributed by atoms with Crippen molar-refractivity contribution in [3.63, 3.8) is 0 Å². The number of hydrogen-bond acceptors (Lipinski definition) is 4. The van der Waals surface area contributed by atoms with Gasteiger partial charge in [-0.1, -0.05) is 0 Å².